The number of anilines is 1. The number of nitro benzene ring substituents is 1. The van der Waals surface area contributed by atoms with Crippen molar-refractivity contribution < 1.29 is 19.2 Å². The van der Waals surface area contributed by atoms with E-state index in [9.17, 15) is 19.7 Å². The molecule has 0 bridgehead atoms. The molecular formula is C12H10N4O5Se. The third-order valence-corrected chi connectivity index (χ3v) is 3.87. The van der Waals surface area contributed by atoms with Crippen LogP contribution in [0.3, 0.4) is 0 Å². The molecule has 0 unspecified atom stereocenters. The summed E-state index contributed by atoms with van der Waals surface area (Å²) in [6, 6.07) is 5.11. The molecule has 0 aliphatic heterocycles. The first-order valence-electron chi connectivity index (χ1n) is 6.08. The Balaban J connectivity index is 2.14. The molecule has 1 aromatic carbocycles. The van der Waals surface area contributed by atoms with E-state index in [1.807, 2.05) is 0 Å². The van der Waals surface area contributed by atoms with Crippen molar-refractivity contribution in [1.29, 1.82) is 0 Å². The van der Waals surface area contributed by atoms with Crippen LogP contribution in [0.4, 0.5) is 10.2 Å². The Morgan fingerprint density at radius 2 is 2.05 bits per heavy atom. The second-order valence-corrected chi connectivity index (χ2v) is 5.51. The summed E-state index contributed by atoms with van der Waals surface area (Å²) in [7, 11) is 0. The SMILES string of the molecule is CCOC(=O)c1nn[se]c1NC(=O)c1ccc([N+](=O)[O-])cc1. The quantitative estimate of drug-likeness (QED) is 0.359. The molecular weight excluding hydrogens is 359 g/mol. The van der Waals surface area contributed by atoms with Crippen molar-refractivity contribution in [3.8, 4) is 0 Å². The minimum atomic E-state index is -0.648. The zero-order chi connectivity index (χ0) is 16.1. The number of rotatable bonds is 5. The zero-order valence-corrected chi connectivity index (χ0v) is 13.0. The number of hydrogen-bond acceptors (Lipinski definition) is 7. The molecule has 22 heavy (non-hydrogen) atoms. The van der Waals surface area contributed by atoms with Gasteiger partial charge in [0.2, 0.25) is 0 Å². The van der Waals surface area contributed by atoms with Crippen molar-refractivity contribution in [2.24, 2.45) is 0 Å². The number of aromatic nitrogens is 2. The Labute approximate surface area is 130 Å². The van der Waals surface area contributed by atoms with Gasteiger partial charge in [0.15, 0.2) is 0 Å². The molecule has 1 heterocycles. The summed E-state index contributed by atoms with van der Waals surface area (Å²) in [5, 5.41) is 16.8. The van der Waals surface area contributed by atoms with Gasteiger partial charge in [-0.05, 0) is 0 Å². The molecule has 10 heteroatoms. The average molecular weight is 369 g/mol. The van der Waals surface area contributed by atoms with Gasteiger partial charge in [-0.15, -0.1) is 0 Å². The van der Waals surface area contributed by atoms with E-state index in [0.717, 1.165) is 0 Å². The number of nitro groups is 1. The van der Waals surface area contributed by atoms with E-state index in [4.69, 9.17) is 4.74 Å². The Morgan fingerprint density at radius 3 is 2.64 bits per heavy atom. The molecule has 0 aliphatic carbocycles. The van der Waals surface area contributed by atoms with Crippen molar-refractivity contribution in [1.82, 2.24) is 9.19 Å². The van der Waals surface area contributed by atoms with Crippen LogP contribution >= 0.6 is 0 Å². The van der Waals surface area contributed by atoms with Gasteiger partial charge in [0, 0.05) is 0 Å². The third kappa shape index (κ3) is 3.54. The van der Waals surface area contributed by atoms with Gasteiger partial charge >= 0.3 is 130 Å². The molecule has 2 aromatic rings. The summed E-state index contributed by atoms with van der Waals surface area (Å²) in [4.78, 5) is 33.7. The van der Waals surface area contributed by atoms with Gasteiger partial charge in [0.25, 0.3) is 0 Å². The van der Waals surface area contributed by atoms with E-state index < -0.39 is 31.5 Å². The van der Waals surface area contributed by atoms with Crippen LogP contribution in [0.1, 0.15) is 27.8 Å². The molecule has 9 nitrogen and oxygen atoms in total. The summed E-state index contributed by atoms with van der Waals surface area (Å²) in [6.07, 6.45) is 0. The predicted molar refractivity (Wildman–Crippen MR) is 76.0 cm³/mol. The number of nitrogens with one attached hydrogen (secondary N) is 1. The number of esters is 1. The van der Waals surface area contributed by atoms with Gasteiger partial charge in [-0.3, -0.25) is 0 Å². The fraction of sp³-hybridized carbons (Fsp3) is 0.167. The topological polar surface area (TPSA) is 124 Å². The molecule has 1 amide bonds. The van der Waals surface area contributed by atoms with Crippen molar-refractivity contribution in [3.63, 3.8) is 0 Å². The first kappa shape index (κ1) is 15.8. The van der Waals surface area contributed by atoms with Gasteiger partial charge in [-0.2, -0.15) is 0 Å². The van der Waals surface area contributed by atoms with Crippen LogP contribution < -0.4 is 5.32 Å². The standard InChI is InChI=1S/C12H10N4O5Se/c1-2-21-12(18)9-11(22-15-14-9)13-10(17)7-3-5-8(6-4-7)16(19)20/h3-6H,2H2,1H3,(H,13,17). The van der Waals surface area contributed by atoms with Crippen LogP contribution in [0.15, 0.2) is 24.3 Å². The second kappa shape index (κ2) is 6.92. The minimum absolute atomic E-state index is 0.0166. The molecule has 0 radical (unpaired) electrons. The molecule has 0 saturated heterocycles. The summed E-state index contributed by atoms with van der Waals surface area (Å²) in [5.41, 5.74) is 0.0965. The van der Waals surface area contributed by atoms with E-state index in [0.29, 0.717) is 4.56 Å². The summed E-state index contributed by atoms with van der Waals surface area (Å²) in [5.74, 6) is -1.15. The Hall–Kier alpha value is -2.58. The number of ether oxygens (including phenoxy) is 1. The summed E-state index contributed by atoms with van der Waals surface area (Å²) >= 11 is -0.515. The molecule has 2 rings (SSSR count). The zero-order valence-electron chi connectivity index (χ0n) is 11.3. The van der Waals surface area contributed by atoms with E-state index in [2.05, 4.69) is 14.5 Å². The third-order valence-electron chi connectivity index (χ3n) is 2.52. The summed E-state index contributed by atoms with van der Waals surface area (Å²) < 4.78 is 8.86. The van der Waals surface area contributed by atoms with E-state index in [-0.39, 0.29) is 23.6 Å². The molecule has 0 spiro atoms. The fourth-order valence-electron chi connectivity index (χ4n) is 1.52. The number of carbonyl (C=O) groups excluding carboxylic acids is 2. The number of nitrogens with zero attached hydrogens (tertiary/aromatic N) is 3. The molecule has 1 aromatic heterocycles. The summed E-state index contributed by atoms with van der Waals surface area (Å²) in [6.45, 7) is 1.85. The van der Waals surface area contributed by atoms with Crippen LogP contribution in [-0.4, -0.2) is 47.3 Å². The van der Waals surface area contributed by atoms with Gasteiger partial charge in [-0.1, -0.05) is 0 Å². The fourth-order valence-corrected chi connectivity index (χ4v) is 2.68. The van der Waals surface area contributed by atoms with Crippen molar-refractivity contribution >= 4 is 36.9 Å². The van der Waals surface area contributed by atoms with Crippen molar-refractivity contribution in [3.05, 3.63) is 45.6 Å². The first-order chi connectivity index (χ1) is 10.5. The van der Waals surface area contributed by atoms with E-state index in [1.54, 1.807) is 6.92 Å². The first-order valence-corrected chi connectivity index (χ1v) is 7.70. The Bertz CT molecular complexity index is 713. The molecule has 0 saturated carbocycles. The predicted octanol–water partition coefficient (Wildman–Crippen LogP) is 0.871. The van der Waals surface area contributed by atoms with Gasteiger partial charge in [-0.25, -0.2) is 0 Å². The number of benzene rings is 1. The van der Waals surface area contributed by atoms with Crippen LogP contribution in [0.5, 0.6) is 0 Å². The van der Waals surface area contributed by atoms with E-state index in [1.165, 1.54) is 24.3 Å². The molecule has 114 valence electrons. The van der Waals surface area contributed by atoms with Gasteiger partial charge in [0.05, 0.1) is 0 Å². The molecule has 1 N–H and O–H groups in total. The van der Waals surface area contributed by atoms with Crippen LogP contribution in [0.2, 0.25) is 0 Å². The Morgan fingerprint density at radius 1 is 1.36 bits per heavy atom. The number of hydrogen-bond donors (Lipinski definition) is 1. The van der Waals surface area contributed by atoms with Gasteiger partial charge < -0.3 is 0 Å². The van der Waals surface area contributed by atoms with Crippen LogP contribution in [0, 0.1) is 10.1 Å². The number of amides is 1. The number of non-ortho nitro benzene ring substituents is 1. The molecule has 0 atom stereocenters. The maximum absolute atomic E-state index is 12.1. The van der Waals surface area contributed by atoms with Gasteiger partial charge in [0.1, 0.15) is 0 Å². The average Bonchev–Trinajstić information content (AvgIpc) is 2.95. The van der Waals surface area contributed by atoms with Crippen molar-refractivity contribution in [2.45, 2.75) is 6.92 Å². The van der Waals surface area contributed by atoms with Crippen molar-refractivity contribution in [2.75, 3.05) is 11.9 Å². The number of carbonyl (C=O) groups is 2. The molecule has 0 fully saturated rings. The van der Waals surface area contributed by atoms with E-state index >= 15 is 0 Å². The van der Waals surface area contributed by atoms with Crippen LogP contribution in [-0.2, 0) is 4.74 Å². The normalized spacial score (nSPS) is 10.0. The molecule has 0 aliphatic rings. The van der Waals surface area contributed by atoms with Crippen LogP contribution in [0.25, 0.3) is 0 Å². The maximum atomic E-state index is 12.1. The monoisotopic (exact) mass is 370 g/mol. The second-order valence-electron chi connectivity index (χ2n) is 3.93. The Kier molecular flexibility index (Phi) is 4.97.